The SMILES string of the molecule is CS(=O)(=O)C1CCN(c2cc(C(F)(F)F)ccc2C=O)C1. The van der Waals surface area contributed by atoms with Crippen LogP contribution >= 0.6 is 0 Å². The summed E-state index contributed by atoms with van der Waals surface area (Å²) >= 11 is 0. The first kappa shape index (κ1) is 15.8. The van der Waals surface area contributed by atoms with Gasteiger partial charge in [-0.2, -0.15) is 13.2 Å². The van der Waals surface area contributed by atoms with Gasteiger partial charge >= 0.3 is 6.18 Å². The molecule has 0 saturated carbocycles. The predicted molar refractivity (Wildman–Crippen MR) is 72.3 cm³/mol. The first-order chi connectivity index (χ1) is 9.63. The number of carbonyl (C=O) groups excluding carboxylic acids is 1. The molecule has 1 aliphatic heterocycles. The van der Waals surface area contributed by atoms with Crippen LogP contribution in [0.4, 0.5) is 18.9 Å². The van der Waals surface area contributed by atoms with E-state index in [0.29, 0.717) is 19.3 Å². The lowest BCUT2D eigenvalue weighted by molar-refractivity contribution is -0.137. The van der Waals surface area contributed by atoms with E-state index >= 15 is 0 Å². The number of halogens is 3. The lowest BCUT2D eigenvalue weighted by Gasteiger charge is -2.21. The van der Waals surface area contributed by atoms with Crippen LogP contribution in [0.25, 0.3) is 0 Å². The van der Waals surface area contributed by atoms with Gasteiger partial charge in [0.1, 0.15) is 0 Å². The molecule has 116 valence electrons. The Bertz CT molecular complexity index is 655. The van der Waals surface area contributed by atoms with Crippen molar-refractivity contribution in [2.24, 2.45) is 0 Å². The summed E-state index contributed by atoms with van der Waals surface area (Å²) in [4.78, 5) is 12.5. The Morgan fingerprint density at radius 1 is 1.33 bits per heavy atom. The third kappa shape index (κ3) is 3.37. The molecule has 0 amide bonds. The zero-order chi connectivity index (χ0) is 15.8. The Hall–Kier alpha value is -1.57. The maximum atomic E-state index is 12.8. The van der Waals surface area contributed by atoms with Gasteiger partial charge in [-0.1, -0.05) is 0 Å². The van der Waals surface area contributed by atoms with Crippen molar-refractivity contribution in [3.8, 4) is 0 Å². The predicted octanol–water partition coefficient (Wildman–Crippen LogP) is 2.14. The smallest absolute Gasteiger partial charge is 0.370 e. The summed E-state index contributed by atoms with van der Waals surface area (Å²) in [6.45, 7) is 0.404. The molecular formula is C13H14F3NO3S. The van der Waals surface area contributed by atoms with Crippen LogP contribution in [-0.2, 0) is 16.0 Å². The zero-order valence-corrected chi connectivity index (χ0v) is 12.0. The summed E-state index contributed by atoms with van der Waals surface area (Å²) in [6.07, 6.45) is -2.59. The fourth-order valence-corrected chi connectivity index (χ4v) is 3.37. The van der Waals surface area contributed by atoms with Crippen molar-refractivity contribution in [1.29, 1.82) is 0 Å². The minimum absolute atomic E-state index is 0.0982. The van der Waals surface area contributed by atoms with Gasteiger partial charge in [0.2, 0.25) is 0 Å². The molecule has 0 aliphatic carbocycles. The number of anilines is 1. The molecule has 0 N–H and O–H groups in total. The van der Waals surface area contributed by atoms with Crippen molar-refractivity contribution in [2.45, 2.75) is 17.8 Å². The number of rotatable bonds is 3. The van der Waals surface area contributed by atoms with E-state index < -0.39 is 26.8 Å². The highest BCUT2D eigenvalue weighted by molar-refractivity contribution is 7.91. The Balaban J connectivity index is 2.37. The lowest BCUT2D eigenvalue weighted by atomic mass is 10.1. The van der Waals surface area contributed by atoms with E-state index in [1.807, 2.05) is 0 Å². The van der Waals surface area contributed by atoms with E-state index in [2.05, 4.69) is 0 Å². The number of alkyl halides is 3. The van der Waals surface area contributed by atoms with E-state index in [4.69, 9.17) is 0 Å². The van der Waals surface area contributed by atoms with Crippen LogP contribution in [0.2, 0.25) is 0 Å². The Morgan fingerprint density at radius 2 is 2.00 bits per heavy atom. The summed E-state index contributed by atoms with van der Waals surface area (Å²) in [5.74, 6) is 0. The van der Waals surface area contributed by atoms with Crippen molar-refractivity contribution in [2.75, 3.05) is 24.2 Å². The lowest BCUT2D eigenvalue weighted by Crippen LogP contribution is -2.27. The number of benzene rings is 1. The molecule has 0 spiro atoms. The number of hydrogen-bond acceptors (Lipinski definition) is 4. The summed E-state index contributed by atoms with van der Waals surface area (Å²) in [7, 11) is -3.25. The molecule has 8 heteroatoms. The van der Waals surface area contributed by atoms with Crippen LogP contribution in [0.3, 0.4) is 0 Å². The van der Waals surface area contributed by atoms with E-state index in [-0.39, 0.29) is 17.8 Å². The van der Waals surface area contributed by atoms with Crippen LogP contribution in [0.1, 0.15) is 22.3 Å². The summed E-state index contributed by atoms with van der Waals surface area (Å²) in [6, 6.07) is 2.85. The van der Waals surface area contributed by atoms with Crippen molar-refractivity contribution in [3.05, 3.63) is 29.3 Å². The van der Waals surface area contributed by atoms with Crippen LogP contribution in [0, 0.1) is 0 Å². The monoisotopic (exact) mass is 321 g/mol. The molecule has 1 unspecified atom stereocenters. The van der Waals surface area contributed by atoms with Gasteiger partial charge in [-0.15, -0.1) is 0 Å². The van der Waals surface area contributed by atoms with Crippen LogP contribution in [0.5, 0.6) is 0 Å². The molecule has 1 aromatic carbocycles. The molecule has 1 aliphatic rings. The average Bonchev–Trinajstić information content (AvgIpc) is 2.86. The van der Waals surface area contributed by atoms with E-state index in [1.165, 1.54) is 4.90 Å². The molecule has 0 radical (unpaired) electrons. The van der Waals surface area contributed by atoms with E-state index in [0.717, 1.165) is 24.5 Å². The normalized spacial score (nSPS) is 19.8. The molecule has 1 aromatic rings. The molecule has 1 fully saturated rings. The van der Waals surface area contributed by atoms with Crippen LogP contribution < -0.4 is 4.90 Å². The van der Waals surface area contributed by atoms with E-state index in [9.17, 15) is 26.4 Å². The largest absolute Gasteiger partial charge is 0.416 e. The fraction of sp³-hybridized carbons (Fsp3) is 0.462. The van der Waals surface area contributed by atoms with Crippen LogP contribution in [-0.4, -0.2) is 39.3 Å². The van der Waals surface area contributed by atoms with Gasteiger partial charge in [-0.25, -0.2) is 8.42 Å². The van der Waals surface area contributed by atoms with Crippen molar-refractivity contribution >= 4 is 21.8 Å². The molecule has 1 heterocycles. The van der Waals surface area contributed by atoms with Crippen LogP contribution in [0.15, 0.2) is 18.2 Å². The molecule has 0 aromatic heterocycles. The number of hydrogen-bond donors (Lipinski definition) is 0. The van der Waals surface area contributed by atoms with Gasteiger partial charge < -0.3 is 4.90 Å². The van der Waals surface area contributed by atoms with Gasteiger partial charge in [-0.3, -0.25) is 4.79 Å². The Morgan fingerprint density at radius 3 is 2.48 bits per heavy atom. The second kappa shape index (κ2) is 5.32. The third-order valence-corrected chi connectivity index (χ3v) is 5.17. The average molecular weight is 321 g/mol. The van der Waals surface area contributed by atoms with Gasteiger partial charge in [0.25, 0.3) is 0 Å². The standard InChI is InChI=1S/C13H14F3NO3S/c1-21(19,20)11-4-5-17(7-11)12-6-10(13(14,15)16)3-2-9(12)8-18/h2-3,6,8,11H,4-5,7H2,1H3. The summed E-state index contributed by atoms with van der Waals surface area (Å²) in [5.41, 5.74) is -0.603. The third-order valence-electron chi connectivity index (χ3n) is 3.58. The van der Waals surface area contributed by atoms with Gasteiger partial charge in [-0.05, 0) is 24.6 Å². The Labute approximate surface area is 120 Å². The first-order valence-corrected chi connectivity index (χ1v) is 8.18. The van der Waals surface area contributed by atoms with E-state index in [1.54, 1.807) is 0 Å². The zero-order valence-electron chi connectivity index (χ0n) is 11.2. The highest BCUT2D eigenvalue weighted by Gasteiger charge is 2.34. The quantitative estimate of drug-likeness (QED) is 0.801. The summed E-state index contributed by atoms with van der Waals surface area (Å²) in [5, 5.41) is -0.619. The highest BCUT2D eigenvalue weighted by Crippen LogP contribution is 2.34. The van der Waals surface area contributed by atoms with Crippen molar-refractivity contribution < 1.29 is 26.4 Å². The summed E-state index contributed by atoms with van der Waals surface area (Å²) < 4.78 is 61.3. The molecule has 4 nitrogen and oxygen atoms in total. The van der Waals surface area contributed by atoms with Crippen molar-refractivity contribution in [1.82, 2.24) is 0 Å². The number of aldehydes is 1. The fourth-order valence-electron chi connectivity index (χ4n) is 2.39. The molecule has 0 bridgehead atoms. The van der Waals surface area contributed by atoms with Gasteiger partial charge in [0, 0.05) is 30.6 Å². The second-order valence-corrected chi connectivity index (χ2v) is 7.40. The second-order valence-electron chi connectivity index (χ2n) is 5.08. The molecular weight excluding hydrogens is 307 g/mol. The highest BCUT2D eigenvalue weighted by atomic mass is 32.2. The van der Waals surface area contributed by atoms with Gasteiger partial charge in [0.05, 0.1) is 10.8 Å². The maximum Gasteiger partial charge on any atom is 0.416 e. The molecule has 1 atom stereocenters. The maximum absolute atomic E-state index is 12.8. The first-order valence-electron chi connectivity index (χ1n) is 6.23. The molecule has 21 heavy (non-hydrogen) atoms. The number of nitrogens with zero attached hydrogens (tertiary/aromatic N) is 1. The minimum atomic E-state index is -4.51. The van der Waals surface area contributed by atoms with Crippen molar-refractivity contribution in [3.63, 3.8) is 0 Å². The topological polar surface area (TPSA) is 54.5 Å². The molecule has 2 rings (SSSR count). The minimum Gasteiger partial charge on any atom is -0.370 e. The number of sulfone groups is 1. The molecule has 1 saturated heterocycles. The Kier molecular flexibility index (Phi) is 4.01. The van der Waals surface area contributed by atoms with Gasteiger partial charge in [0.15, 0.2) is 16.1 Å². The number of carbonyl (C=O) groups is 1.